The number of hydrogen-bond donors (Lipinski definition) is 0. The van der Waals surface area contributed by atoms with E-state index in [1.807, 2.05) is 116 Å². The van der Waals surface area contributed by atoms with Crippen molar-refractivity contribution < 1.29 is 19.0 Å². The van der Waals surface area contributed by atoms with E-state index in [-0.39, 0.29) is 5.91 Å². The summed E-state index contributed by atoms with van der Waals surface area (Å²) >= 11 is 1.25. The highest BCUT2D eigenvalue weighted by atomic mass is 32.2. The molecular weight excluding hydrogens is 570 g/mol. The molecule has 0 aliphatic carbocycles. The van der Waals surface area contributed by atoms with Crippen LogP contribution in [-0.2, 0) is 4.79 Å². The van der Waals surface area contributed by atoms with Gasteiger partial charge in [0.2, 0.25) is 11.7 Å². The maximum atomic E-state index is 14.1. The molecule has 0 radical (unpaired) electrons. The lowest BCUT2D eigenvalue weighted by atomic mass is 9.98. The second kappa shape index (κ2) is 13.8. The zero-order chi connectivity index (χ0) is 31.1. The first-order chi connectivity index (χ1) is 21.5. The molecule has 0 aliphatic rings. The molecule has 1 heterocycles. The van der Waals surface area contributed by atoms with Gasteiger partial charge in [-0.25, -0.2) is 4.98 Å². The van der Waals surface area contributed by atoms with Gasteiger partial charge in [-0.05, 0) is 55.0 Å². The van der Waals surface area contributed by atoms with Crippen LogP contribution in [0.4, 0.5) is 11.4 Å². The number of ether oxygens (including phenoxy) is 3. The van der Waals surface area contributed by atoms with E-state index in [4.69, 9.17) is 19.2 Å². The molecule has 44 heavy (non-hydrogen) atoms. The number of methoxy groups -OCH3 is 3. The van der Waals surface area contributed by atoms with Gasteiger partial charge in [-0.15, -0.1) is 0 Å². The minimum Gasteiger partial charge on any atom is -0.493 e. The van der Waals surface area contributed by atoms with Crippen LogP contribution in [0.2, 0.25) is 0 Å². The molecule has 0 spiro atoms. The average Bonchev–Trinajstić information content (AvgIpc) is 3.08. The third-order valence-electron chi connectivity index (χ3n) is 7.03. The lowest BCUT2D eigenvalue weighted by Gasteiger charge is -2.26. The summed E-state index contributed by atoms with van der Waals surface area (Å²) in [5, 5.41) is 10.4. The van der Waals surface area contributed by atoms with Crippen LogP contribution in [0.3, 0.4) is 0 Å². The largest absolute Gasteiger partial charge is 0.493 e. The highest BCUT2D eigenvalue weighted by Crippen LogP contribution is 2.44. The molecule has 1 aromatic heterocycles. The van der Waals surface area contributed by atoms with Crippen molar-refractivity contribution in [3.05, 3.63) is 115 Å². The summed E-state index contributed by atoms with van der Waals surface area (Å²) in [5.74, 6) is 1.23. The van der Waals surface area contributed by atoms with E-state index in [9.17, 15) is 10.1 Å². The summed E-state index contributed by atoms with van der Waals surface area (Å²) < 4.78 is 16.7. The third-order valence-corrected chi connectivity index (χ3v) is 8.10. The summed E-state index contributed by atoms with van der Waals surface area (Å²) in [6.45, 7) is 1.84. The maximum Gasteiger partial charge on any atom is 0.244 e. The summed E-state index contributed by atoms with van der Waals surface area (Å²) in [7, 11) is 4.64. The molecule has 5 rings (SSSR count). The molecule has 0 saturated heterocycles. The minimum absolute atomic E-state index is 0.141. The molecular formula is C36H31N3O4S. The van der Waals surface area contributed by atoms with Gasteiger partial charge in [-0.1, -0.05) is 78.5 Å². The normalized spacial score (nSPS) is 11.2. The second-order valence-electron chi connectivity index (χ2n) is 9.73. The summed E-state index contributed by atoms with van der Waals surface area (Å²) in [6.07, 6.45) is 0. The predicted molar refractivity (Wildman–Crippen MR) is 175 cm³/mol. The van der Waals surface area contributed by atoms with Crippen LogP contribution < -0.4 is 19.1 Å². The quantitative estimate of drug-likeness (QED) is 0.149. The Hall–Kier alpha value is -5.26. The average molecular weight is 602 g/mol. The van der Waals surface area contributed by atoms with Gasteiger partial charge in [0.1, 0.15) is 11.1 Å². The third kappa shape index (κ3) is 6.24. The SMILES string of the molecule is COc1cc(-c2cc(-c3ccccc3)nc(SC(C)C(=O)N(c3ccccc3)c3ccccc3)c2C#N)cc(OC)c1OC. The van der Waals surface area contributed by atoms with Gasteiger partial charge in [-0.3, -0.25) is 9.69 Å². The number of rotatable bonds is 10. The lowest BCUT2D eigenvalue weighted by molar-refractivity contribution is -0.117. The molecule has 0 N–H and O–H groups in total. The van der Waals surface area contributed by atoms with E-state index < -0.39 is 5.25 Å². The zero-order valence-electron chi connectivity index (χ0n) is 24.9. The molecule has 0 aliphatic heterocycles. The van der Waals surface area contributed by atoms with Crippen molar-refractivity contribution in [1.29, 1.82) is 5.26 Å². The number of nitrogens with zero attached hydrogens (tertiary/aromatic N) is 3. The number of para-hydroxylation sites is 2. The lowest BCUT2D eigenvalue weighted by Crippen LogP contribution is -2.32. The molecule has 0 bridgehead atoms. The van der Waals surface area contributed by atoms with E-state index in [2.05, 4.69) is 6.07 Å². The molecule has 4 aromatic carbocycles. The van der Waals surface area contributed by atoms with Crippen LogP contribution in [0.15, 0.2) is 114 Å². The maximum absolute atomic E-state index is 14.1. The number of benzene rings is 4. The van der Waals surface area contributed by atoms with E-state index >= 15 is 0 Å². The Bertz CT molecular complexity index is 1730. The van der Waals surface area contributed by atoms with Gasteiger partial charge >= 0.3 is 0 Å². The summed E-state index contributed by atoms with van der Waals surface area (Å²) in [6, 6.07) is 36.6. The Morgan fingerprint density at radius 3 is 1.77 bits per heavy atom. The Morgan fingerprint density at radius 2 is 1.30 bits per heavy atom. The van der Waals surface area contributed by atoms with E-state index in [1.165, 1.54) is 11.8 Å². The number of aromatic nitrogens is 1. The summed E-state index contributed by atoms with van der Waals surface area (Å²) in [4.78, 5) is 20.8. The molecule has 5 aromatic rings. The van der Waals surface area contributed by atoms with Gasteiger partial charge in [0, 0.05) is 22.5 Å². The number of nitriles is 1. The molecule has 8 heteroatoms. The number of hydrogen-bond acceptors (Lipinski definition) is 7. The Morgan fingerprint density at radius 1 is 0.773 bits per heavy atom. The van der Waals surface area contributed by atoms with Crippen LogP contribution in [-0.4, -0.2) is 37.5 Å². The van der Waals surface area contributed by atoms with E-state index in [1.54, 1.807) is 26.2 Å². The van der Waals surface area contributed by atoms with Crippen molar-refractivity contribution in [2.75, 3.05) is 26.2 Å². The fourth-order valence-electron chi connectivity index (χ4n) is 4.89. The van der Waals surface area contributed by atoms with Crippen LogP contribution in [0, 0.1) is 11.3 Å². The minimum atomic E-state index is -0.589. The summed E-state index contributed by atoms with van der Waals surface area (Å²) in [5.41, 5.74) is 4.70. The van der Waals surface area contributed by atoms with Crippen molar-refractivity contribution >= 4 is 29.0 Å². The number of carbonyl (C=O) groups excluding carboxylic acids is 1. The van der Waals surface area contributed by atoms with Crippen LogP contribution in [0.5, 0.6) is 17.2 Å². The predicted octanol–water partition coefficient (Wildman–Crippen LogP) is 8.16. The number of thioether (sulfide) groups is 1. The van der Waals surface area contributed by atoms with Crippen molar-refractivity contribution in [3.8, 4) is 45.7 Å². The van der Waals surface area contributed by atoms with Crippen LogP contribution in [0.25, 0.3) is 22.4 Å². The van der Waals surface area contributed by atoms with Crippen molar-refractivity contribution in [2.24, 2.45) is 0 Å². The Balaban J connectivity index is 1.64. The Labute approximate surface area is 261 Å². The monoisotopic (exact) mass is 601 g/mol. The molecule has 1 amide bonds. The van der Waals surface area contributed by atoms with Gasteiger partial charge < -0.3 is 14.2 Å². The first kappa shape index (κ1) is 30.2. The van der Waals surface area contributed by atoms with E-state index in [0.29, 0.717) is 44.7 Å². The fraction of sp³-hybridized carbons (Fsp3) is 0.139. The first-order valence-electron chi connectivity index (χ1n) is 13.9. The highest BCUT2D eigenvalue weighted by Gasteiger charge is 2.27. The van der Waals surface area contributed by atoms with Gasteiger partial charge in [-0.2, -0.15) is 5.26 Å². The smallest absolute Gasteiger partial charge is 0.244 e. The van der Waals surface area contributed by atoms with E-state index in [0.717, 1.165) is 16.9 Å². The van der Waals surface area contributed by atoms with Crippen molar-refractivity contribution in [1.82, 2.24) is 4.98 Å². The fourth-order valence-corrected chi connectivity index (χ4v) is 5.86. The Kier molecular flexibility index (Phi) is 9.48. The number of amides is 1. The molecule has 7 nitrogen and oxygen atoms in total. The molecule has 0 saturated carbocycles. The van der Waals surface area contributed by atoms with Crippen molar-refractivity contribution in [2.45, 2.75) is 17.2 Å². The van der Waals surface area contributed by atoms with Crippen molar-refractivity contribution in [3.63, 3.8) is 0 Å². The highest BCUT2D eigenvalue weighted by molar-refractivity contribution is 8.00. The standard InChI is InChI=1S/C36H31N3O4S/c1-24(36(40)39(27-16-10-6-11-17-27)28-18-12-7-13-19-28)44-35-30(23-37)29(22-31(38-35)25-14-8-5-9-15-25)26-20-32(41-2)34(43-4)33(21-26)42-3/h5-22,24H,1-4H3. The molecule has 1 unspecified atom stereocenters. The van der Waals surface area contributed by atoms with Gasteiger partial charge in [0.15, 0.2) is 11.5 Å². The second-order valence-corrected chi connectivity index (χ2v) is 11.1. The topological polar surface area (TPSA) is 84.7 Å². The number of pyridine rings is 1. The zero-order valence-corrected chi connectivity index (χ0v) is 25.7. The van der Waals surface area contributed by atoms with Crippen LogP contribution >= 0.6 is 11.8 Å². The van der Waals surface area contributed by atoms with Gasteiger partial charge in [0.25, 0.3) is 0 Å². The molecule has 0 fully saturated rings. The molecule has 220 valence electrons. The molecule has 1 atom stereocenters. The number of anilines is 2. The van der Waals surface area contributed by atoms with Gasteiger partial charge in [0.05, 0.1) is 37.8 Å². The first-order valence-corrected chi connectivity index (χ1v) is 14.8. The number of carbonyl (C=O) groups is 1. The van der Waals surface area contributed by atoms with Crippen LogP contribution in [0.1, 0.15) is 12.5 Å².